The molecule has 0 aromatic carbocycles. The van der Waals surface area contributed by atoms with Gasteiger partial charge in [-0.2, -0.15) is 0 Å². The van der Waals surface area contributed by atoms with Gasteiger partial charge in [0, 0.05) is 6.07 Å². The second-order valence-corrected chi connectivity index (χ2v) is 2.50. The van der Waals surface area contributed by atoms with Crippen molar-refractivity contribution in [1.82, 2.24) is 9.97 Å². The van der Waals surface area contributed by atoms with Crippen LogP contribution in [-0.2, 0) is 0 Å². The SMILES string of the molecule is O=[N+]([O-])c1ccc(-c2ncco2)cn1. The molecule has 0 unspecified atom stereocenters. The minimum atomic E-state index is -0.556. The van der Waals surface area contributed by atoms with E-state index in [1.807, 2.05) is 0 Å². The maximum atomic E-state index is 10.3. The summed E-state index contributed by atoms with van der Waals surface area (Å²) in [4.78, 5) is 17.3. The van der Waals surface area contributed by atoms with E-state index in [-0.39, 0.29) is 5.82 Å². The molecule has 0 aliphatic rings. The van der Waals surface area contributed by atoms with Crippen LogP contribution >= 0.6 is 0 Å². The quantitative estimate of drug-likeness (QED) is 0.532. The molecule has 2 aromatic heterocycles. The zero-order chi connectivity index (χ0) is 9.97. The van der Waals surface area contributed by atoms with Gasteiger partial charge in [0.25, 0.3) is 0 Å². The largest absolute Gasteiger partial charge is 0.444 e. The molecule has 0 N–H and O–H groups in total. The molecule has 0 fully saturated rings. The summed E-state index contributed by atoms with van der Waals surface area (Å²) in [5, 5.41) is 10.3. The van der Waals surface area contributed by atoms with E-state index in [4.69, 9.17) is 4.42 Å². The summed E-state index contributed by atoms with van der Waals surface area (Å²) >= 11 is 0. The Labute approximate surface area is 78.4 Å². The van der Waals surface area contributed by atoms with Crippen LogP contribution in [-0.4, -0.2) is 14.9 Å². The Kier molecular flexibility index (Phi) is 1.94. The van der Waals surface area contributed by atoms with Gasteiger partial charge in [-0.3, -0.25) is 0 Å². The molecule has 0 radical (unpaired) electrons. The highest BCUT2D eigenvalue weighted by Crippen LogP contribution is 2.17. The van der Waals surface area contributed by atoms with E-state index < -0.39 is 4.92 Å². The van der Waals surface area contributed by atoms with Crippen molar-refractivity contribution in [2.24, 2.45) is 0 Å². The van der Waals surface area contributed by atoms with E-state index in [1.54, 1.807) is 0 Å². The number of aromatic nitrogens is 2. The lowest BCUT2D eigenvalue weighted by atomic mass is 10.3. The van der Waals surface area contributed by atoms with Crippen molar-refractivity contribution in [3.05, 3.63) is 40.9 Å². The van der Waals surface area contributed by atoms with Crippen LogP contribution in [0, 0.1) is 10.1 Å². The molecular weight excluding hydrogens is 186 g/mol. The molecular formula is C8H5N3O3. The molecule has 2 rings (SSSR count). The third-order valence-corrected chi connectivity index (χ3v) is 1.61. The Morgan fingerprint density at radius 2 is 2.21 bits per heavy atom. The first-order chi connectivity index (χ1) is 6.77. The minimum absolute atomic E-state index is 0.194. The number of nitrogens with zero attached hydrogens (tertiary/aromatic N) is 3. The third-order valence-electron chi connectivity index (χ3n) is 1.61. The minimum Gasteiger partial charge on any atom is -0.444 e. The van der Waals surface area contributed by atoms with Crippen molar-refractivity contribution < 1.29 is 9.34 Å². The van der Waals surface area contributed by atoms with E-state index in [1.165, 1.54) is 30.8 Å². The first-order valence-corrected chi connectivity index (χ1v) is 3.77. The zero-order valence-electron chi connectivity index (χ0n) is 6.95. The van der Waals surface area contributed by atoms with E-state index in [0.29, 0.717) is 11.5 Å². The second-order valence-electron chi connectivity index (χ2n) is 2.50. The topological polar surface area (TPSA) is 82.1 Å². The van der Waals surface area contributed by atoms with Crippen molar-refractivity contribution in [3.63, 3.8) is 0 Å². The fourth-order valence-electron chi connectivity index (χ4n) is 0.987. The van der Waals surface area contributed by atoms with Gasteiger partial charge in [-0.15, -0.1) is 0 Å². The fourth-order valence-corrected chi connectivity index (χ4v) is 0.987. The number of pyridine rings is 1. The average Bonchev–Trinajstić information content (AvgIpc) is 2.71. The second kappa shape index (κ2) is 3.25. The molecule has 14 heavy (non-hydrogen) atoms. The maximum Gasteiger partial charge on any atom is 0.363 e. The zero-order valence-corrected chi connectivity index (χ0v) is 6.95. The van der Waals surface area contributed by atoms with Gasteiger partial charge in [-0.25, -0.2) is 4.98 Å². The lowest BCUT2D eigenvalue weighted by Crippen LogP contribution is -1.91. The normalized spacial score (nSPS) is 10.0. The summed E-state index contributed by atoms with van der Waals surface area (Å²) < 4.78 is 5.00. The lowest BCUT2D eigenvalue weighted by molar-refractivity contribution is -0.389. The van der Waals surface area contributed by atoms with Gasteiger partial charge in [-0.1, -0.05) is 0 Å². The van der Waals surface area contributed by atoms with E-state index in [0.717, 1.165) is 0 Å². The molecule has 0 aliphatic carbocycles. The predicted octanol–water partition coefficient (Wildman–Crippen LogP) is 1.64. The molecule has 6 heteroatoms. The van der Waals surface area contributed by atoms with E-state index in [9.17, 15) is 10.1 Å². The van der Waals surface area contributed by atoms with Crippen LogP contribution < -0.4 is 0 Å². The van der Waals surface area contributed by atoms with Crippen LogP contribution in [0.15, 0.2) is 35.2 Å². The van der Waals surface area contributed by atoms with Crippen molar-refractivity contribution >= 4 is 5.82 Å². The van der Waals surface area contributed by atoms with Gasteiger partial charge >= 0.3 is 5.82 Å². The molecule has 0 amide bonds. The van der Waals surface area contributed by atoms with Gasteiger partial charge in [0.2, 0.25) is 5.89 Å². The first-order valence-electron chi connectivity index (χ1n) is 3.77. The molecule has 2 heterocycles. The third kappa shape index (κ3) is 1.45. The van der Waals surface area contributed by atoms with Gasteiger partial charge in [0.1, 0.15) is 6.26 Å². The maximum absolute atomic E-state index is 10.3. The molecule has 2 aromatic rings. The average molecular weight is 191 g/mol. The summed E-state index contributed by atoms with van der Waals surface area (Å²) in [5.41, 5.74) is 0.612. The van der Waals surface area contributed by atoms with E-state index in [2.05, 4.69) is 9.97 Å². The highest BCUT2D eigenvalue weighted by atomic mass is 16.6. The van der Waals surface area contributed by atoms with Crippen molar-refractivity contribution in [1.29, 1.82) is 0 Å². The van der Waals surface area contributed by atoms with Crippen LogP contribution in [0.25, 0.3) is 11.5 Å². The Balaban J connectivity index is 2.36. The number of rotatable bonds is 2. The number of oxazole rings is 1. The summed E-state index contributed by atoms with van der Waals surface area (Å²) in [7, 11) is 0. The van der Waals surface area contributed by atoms with Gasteiger partial charge < -0.3 is 14.5 Å². The van der Waals surface area contributed by atoms with Crippen molar-refractivity contribution in [2.75, 3.05) is 0 Å². The molecule has 0 bridgehead atoms. The highest BCUT2D eigenvalue weighted by molar-refractivity contribution is 5.52. The molecule has 0 saturated heterocycles. The molecule has 70 valence electrons. The number of hydrogen-bond donors (Lipinski definition) is 0. The Morgan fingerprint density at radius 3 is 2.71 bits per heavy atom. The van der Waals surface area contributed by atoms with Gasteiger partial charge in [0.15, 0.2) is 6.20 Å². The Morgan fingerprint density at radius 1 is 1.36 bits per heavy atom. The standard InChI is InChI=1S/C8H5N3O3/c12-11(13)7-2-1-6(5-10-7)8-9-3-4-14-8/h1-5H. The van der Waals surface area contributed by atoms with E-state index >= 15 is 0 Å². The van der Waals surface area contributed by atoms with Crippen LogP contribution in [0.4, 0.5) is 5.82 Å². The van der Waals surface area contributed by atoms with Gasteiger partial charge in [0.05, 0.1) is 11.8 Å². The monoisotopic (exact) mass is 191 g/mol. The molecule has 0 saturated carbocycles. The van der Waals surface area contributed by atoms with Gasteiger partial charge in [-0.05, 0) is 16.0 Å². The number of nitro groups is 1. The lowest BCUT2D eigenvalue weighted by Gasteiger charge is -1.92. The molecule has 6 nitrogen and oxygen atoms in total. The first kappa shape index (κ1) is 8.36. The summed E-state index contributed by atoms with van der Waals surface area (Å²) in [6, 6.07) is 2.84. The predicted molar refractivity (Wildman–Crippen MR) is 46.4 cm³/mol. The fraction of sp³-hybridized carbons (Fsp3) is 0. The van der Waals surface area contributed by atoms with Crippen molar-refractivity contribution in [3.8, 4) is 11.5 Å². The van der Waals surface area contributed by atoms with Crippen molar-refractivity contribution in [2.45, 2.75) is 0 Å². The van der Waals surface area contributed by atoms with Crippen LogP contribution in [0.2, 0.25) is 0 Å². The van der Waals surface area contributed by atoms with Crippen LogP contribution in [0.1, 0.15) is 0 Å². The molecule has 0 aliphatic heterocycles. The summed E-state index contributed by atoms with van der Waals surface area (Å²) in [5.74, 6) is 0.202. The molecule has 0 atom stereocenters. The highest BCUT2D eigenvalue weighted by Gasteiger charge is 2.09. The smallest absolute Gasteiger partial charge is 0.363 e. The summed E-state index contributed by atoms with van der Waals surface area (Å²) in [6.45, 7) is 0. The summed E-state index contributed by atoms with van der Waals surface area (Å²) in [6.07, 6.45) is 4.28. The Bertz CT molecular complexity index is 435. The Hall–Kier alpha value is -2.24. The van der Waals surface area contributed by atoms with Crippen LogP contribution in [0.3, 0.4) is 0 Å². The molecule has 0 spiro atoms. The van der Waals surface area contributed by atoms with Crippen LogP contribution in [0.5, 0.6) is 0 Å². The number of hydrogen-bond acceptors (Lipinski definition) is 5.